The first-order valence-corrected chi connectivity index (χ1v) is 3.45. The zero-order valence-electron chi connectivity index (χ0n) is 6.83. The molecule has 0 heterocycles. The minimum absolute atomic E-state index is 0.0691. The van der Waals surface area contributed by atoms with Crippen LogP contribution >= 0.6 is 0 Å². The summed E-state index contributed by atoms with van der Waals surface area (Å²) in [6.07, 6.45) is -0.320. The van der Waals surface area contributed by atoms with Crippen molar-refractivity contribution in [2.45, 2.75) is 26.1 Å². The largest absolute Gasteiger partial charge is 0.391 e. The average Bonchev–Trinajstić information content (AvgIpc) is 1.85. The van der Waals surface area contributed by atoms with Gasteiger partial charge >= 0.3 is 0 Å². The van der Waals surface area contributed by atoms with Crippen molar-refractivity contribution < 1.29 is 14.6 Å². The van der Waals surface area contributed by atoms with Gasteiger partial charge in [-0.15, -0.1) is 0 Å². The number of ether oxygens (including phenoxy) is 2. The Labute approximate surface area is 62.0 Å². The second kappa shape index (κ2) is 5.65. The third-order valence-corrected chi connectivity index (χ3v) is 1.02. The molecule has 1 N–H and O–H groups in total. The minimum Gasteiger partial charge on any atom is -0.391 e. The van der Waals surface area contributed by atoms with Crippen LogP contribution in [0.1, 0.15) is 13.8 Å². The molecule has 0 aromatic rings. The fourth-order valence-corrected chi connectivity index (χ4v) is 0.586. The summed E-state index contributed by atoms with van der Waals surface area (Å²) >= 11 is 0. The number of hydrogen-bond donors (Lipinski definition) is 1. The first-order valence-electron chi connectivity index (χ1n) is 3.45. The molecular weight excluding hydrogens is 132 g/mol. The molecule has 0 radical (unpaired) electrons. The van der Waals surface area contributed by atoms with Crippen LogP contribution in [0.15, 0.2) is 0 Å². The molecule has 0 fully saturated rings. The normalized spacial score (nSPS) is 16.8. The third-order valence-electron chi connectivity index (χ3n) is 1.02. The standard InChI is InChI=1S/C7H16O3/c1-6(8)4-10-7(2)5-9-3/h6-8H,4-5H2,1-3H3/t6-,7-/m0/s1. The Kier molecular flexibility index (Phi) is 5.58. The van der Waals surface area contributed by atoms with Crippen molar-refractivity contribution in [3.05, 3.63) is 0 Å². The van der Waals surface area contributed by atoms with Gasteiger partial charge in [0.25, 0.3) is 0 Å². The summed E-state index contributed by atoms with van der Waals surface area (Å²) < 4.78 is 10.00. The number of aliphatic hydroxyl groups is 1. The SMILES string of the molecule is COC[C@H](C)OC[C@H](C)O. The van der Waals surface area contributed by atoms with Gasteiger partial charge in [0.2, 0.25) is 0 Å². The van der Waals surface area contributed by atoms with Crippen LogP contribution in [-0.4, -0.2) is 37.6 Å². The first kappa shape index (κ1) is 9.88. The van der Waals surface area contributed by atoms with Gasteiger partial charge in [0.1, 0.15) is 0 Å². The van der Waals surface area contributed by atoms with E-state index < -0.39 is 0 Å². The third kappa shape index (κ3) is 6.01. The lowest BCUT2D eigenvalue weighted by molar-refractivity contribution is -0.0268. The summed E-state index contributed by atoms with van der Waals surface area (Å²) in [4.78, 5) is 0. The monoisotopic (exact) mass is 148 g/mol. The van der Waals surface area contributed by atoms with Gasteiger partial charge in [-0.3, -0.25) is 0 Å². The van der Waals surface area contributed by atoms with Crippen LogP contribution in [0.4, 0.5) is 0 Å². The van der Waals surface area contributed by atoms with Crippen molar-refractivity contribution in [3.63, 3.8) is 0 Å². The molecule has 0 aliphatic rings. The van der Waals surface area contributed by atoms with E-state index in [1.165, 1.54) is 0 Å². The molecule has 0 aliphatic heterocycles. The van der Waals surface area contributed by atoms with Gasteiger partial charge in [0.05, 0.1) is 25.4 Å². The van der Waals surface area contributed by atoms with Gasteiger partial charge < -0.3 is 14.6 Å². The summed E-state index contributed by atoms with van der Waals surface area (Å²) in [5.74, 6) is 0. The molecule has 0 aromatic carbocycles. The molecular formula is C7H16O3. The maximum Gasteiger partial charge on any atom is 0.0781 e. The van der Waals surface area contributed by atoms with Crippen molar-refractivity contribution in [2.75, 3.05) is 20.3 Å². The molecule has 0 aromatic heterocycles. The van der Waals surface area contributed by atoms with Crippen LogP contribution in [0, 0.1) is 0 Å². The Balaban J connectivity index is 3.12. The molecule has 62 valence electrons. The highest BCUT2D eigenvalue weighted by atomic mass is 16.5. The van der Waals surface area contributed by atoms with Crippen molar-refractivity contribution in [1.29, 1.82) is 0 Å². The second-order valence-corrected chi connectivity index (χ2v) is 2.45. The number of aliphatic hydroxyl groups excluding tert-OH is 1. The molecule has 0 saturated heterocycles. The van der Waals surface area contributed by atoms with E-state index in [1.54, 1.807) is 14.0 Å². The van der Waals surface area contributed by atoms with Gasteiger partial charge in [-0.1, -0.05) is 0 Å². The summed E-state index contributed by atoms with van der Waals surface area (Å²) in [7, 11) is 1.63. The van der Waals surface area contributed by atoms with Crippen molar-refractivity contribution in [1.82, 2.24) is 0 Å². The molecule has 0 bridgehead atoms. The van der Waals surface area contributed by atoms with Crippen LogP contribution in [0.2, 0.25) is 0 Å². The Bertz CT molecular complexity index is 73.3. The average molecular weight is 148 g/mol. The molecule has 0 aliphatic carbocycles. The Morgan fingerprint density at radius 3 is 2.30 bits per heavy atom. The van der Waals surface area contributed by atoms with E-state index in [9.17, 15) is 0 Å². The first-order chi connectivity index (χ1) is 4.66. The lowest BCUT2D eigenvalue weighted by Crippen LogP contribution is -2.20. The van der Waals surface area contributed by atoms with Gasteiger partial charge in [-0.25, -0.2) is 0 Å². The second-order valence-electron chi connectivity index (χ2n) is 2.45. The summed E-state index contributed by atoms with van der Waals surface area (Å²) in [5, 5.41) is 8.80. The number of hydrogen-bond acceptors (Lipinski definition) is 3. The summed E-state index contributed by atoms with van der Waals surface area (Å²) in [6, 6.07) is 0. The van der Waals surface area contributed by atoms with Crippen LogP contribution in [0.5, 0.6) is 0 Å². The summed E-state index contributed by atoms with van der Waals surface area (Å²) in [5.41, 5.74) is 0. The van der Waals surface area contributed by atoms with E-state index in [0.717, 1.165) is 0 Å². The van der Waals surface area contributed by atoms with E-state index in [-0.39, 0.29) is 12.2 Å². The van der Waals surface area contributed by atoms with Crippen LogP contribution < -0.4 is 0 Å². The molecule has 3 nitrogen and oxygen atoms in total. The molecule has 10 heavy (non-hydrogen) atoms. The topological polar surface area (TPSA) is 38.7 Å². The highest BCUT2D eigenvalue weighted by molar-refractivity contribution is 4.48. The fourth-order valence-electron chi connectivity index (χ4n) is 0.586. The van der Waals surface area contributed by atoms with Gasteiger partial charge in [0.15, 0.2) is 0 Å². The van der Waals surface area contributed by atoms with Crippen molar-refractivity contribution in [2.24, 2.45) is 0 Å². The van der Waals surface area contributed by atoms with Crippen LogP contribution in [0.3, 0.4) is 0 Å². The van der Waals surface area contributed by atoms with Crippen LogP contribution in [0.25, 0.3) is 0 Å². The molecule has 2 atom stereocenters. The quantitative estimate of drug-likeness (QED) is 0.614. The molecule has 0 saturated carbocycles. The lowest BCUT2D eigenvalue weighted by Gasteiger charge is -2.12. The number of rotatable bonds is 5. The lowest BCUT2D eigenvalue weighted by atomic mass is 10.4. The van der Waals surface area contributed by atoms with Crippen molar-refractivity contribution >= 4 is 0 Å². The van der Waals surface area contributed by atoms with Crippen LogP contribution in [-0.2, 0) is 9.47 Å². The highest BCUT2D eigenvalue weighted by Crippen LogP contribution is 1.92. The van der Waals surface area contributed by atoms with E-state index in [1.807, 2.05) is 6.92 Å². The minimum atomic E-state index is -0.390. The van der Waals surface area contributed by atoms with E-state index in [4.69, 9.17) is 14.6 Å². The predicted octanol–water partition coefficient (Wildman–Crippen LogP) is 0.419. The molecule has 0 rings (SSSR count). The predicted molar refractivity (Wildman–Crippen MR) is 39.0 cm³/mol. The van der Waals surface area contributed by atoms with Crippen molar-refractivity contribution in [3.8, 4) is 0 Å². The summed E-state index contributed by atoms with van der Waals surface area (Å²) in [6.45, 7) is 4.56. The maximum atomic E-state index is 8.80. The number of methoxy groups -OCH3 is 1. The van der Waals surface area contributed by atoms with E-state index in [0.29, 0.717) is 13.2 Å². The van der Waals surface area contributed by atoms with E-state index in [2.05, 4.69) is 0 Å². The van der Waals surface area contributed by atoms with Gasteiger partial charge in [0, 0.05) is 7.11 Å². The fraction of sp³-hybridized carbons (Fsp3) is 1.00. The van der Waals surface area contributed by atoms with Gasteiger partial charge in [-0.2, -0.15) is 0 Å². The molecule has 3 heteroatoms. The Morgan fingerprint density at radius 2 is 1.90 bits per heavy atom. The smallest absolute Gasteiger partial charge is 0.0781 e. The van der Waals surface area contributed by atoms with Gasteiger partial charge in [-0.05, 0) is 13.8 Å². The highest BCUT2D eigenvalue weighted by Gasteiger charge is 2.02. The molecule has 0 unspecified atom stereocenters. The maximum absolute atomic E-state index is 8.80. The van der Waals surface area contributed by atoms with E-state index >= 15 is 0 Å². The zero-order valence-corrected chi connectivity index (χ0v) is 6.83. The Hall–Kier alpha value is -0.120. The zero-order chi connectivity index (χ0) is 7.98. The molecule has 0 amide bonds. The molecule has 0 spiro atoms. The Morgan fingerprint density at radius 1 is 1.30 bits per heavy atom.